The summed E-state index contributed by atoms with van der Waals surface area (Å²) in [6.45, 7) is 3.97. The fourth-order valence-corrected chi connectivity index (χ4v) is 5.07. The summed E-state index contributed by atoms with van der Waals surface area (Å²) < 4.78 is 0. The van der Waals surface area contributed by atoms with Crippen molar-refractivity contribution in [1.29, 1.82) is 0 Å². The van der Waals surface area contributed by atoms with E-state index >= 15 is 0 Å². The Morgan fingerprint density at radius 3 is 1.20 bits per heavy atom. The summed E-state index contributed by atoms with van der Waals surface area (Å²) in [4.78, 5) is 24.2. The molecule has 0 atom stereocenters. The maximum Gasteiger partial charge on any atom is 0.164 e. The van der Waals surface area contributed by atoms with E-state index in [0.717, 1.165) is 44.4 Å². The molecule has 0 spiro atoms. The molecule has 7 rings (SSSR count). The van der Waals surface area contributed by atoms with Gasteiger partial charge in [-0.2, -0.15) is 0 Å². The number of benzene rings is 5. The maximum atomic E-state index is 4.98. The summed E-state index contributed by atoms with van der Waals surface area (Å²) in [7, 11) is 0. The zero-order chi connectivity index (χ0) is 27.1. The molecule has 0 aliphatic carbocycles. The molecule has 5 aromatic carbocycles. The lowest BCUT2D eigenvalue weighted by Crippen LogP contribution is -2.01. The van der Waals surface area contributed by atoms with E-state index in [1.807, 2.05) is 62.4 Å². The van der Waals surface area contributed by atoms with Crippen LogP contribution in [-0.2, 0) is 0 Å². The van der Waals surface area contributed by atoms with Crippen LogP contribution >= 0.6 is 0 Å². The lowest BCUT2D eigenvalue weighted by Gasteiger charge is -2.11. The molecule has 0 saturated heterocycles. The van der Waals surface area contributed by atoms with Gasteiger partial charge in [0.15, 0.2) is 23.3 Å². The second-order valence-corrected chi connectivity index (χ2v) is 9.99. The van der Waals surface area contributed by atoms with E-state index in [2.05, 4.69) is 76.7 Å². The standard InChI is InChI=1S/C35H25N5/c1-22-18-23(2)37-32(36-22)28-12-7-13-29(21-28)33-38-34(30-16-14-24-8-3-5-10-26(24)19-30)40-35(39-33)31-17-15-25-9-4-6-11-27(25)20-31/h3-21H,1-2H3. The van der Waals surface area contributed by atoms with Gasteiger partial charge in [-0.25, -0.2) is 24.9 Å². The van der Waals surface area contributed by atoms with Crippen LogP contribution in [0.2, 0.25) is 0 Å². The first-order valence-corrected chi connectivity index (χ1v) is 13.3. The summed E-state index contributed by atoms with van der Waals surface area (Å²) in [5.41, 5.74) is 5.56. The Morgan fingerprint density at radius 2 is 0.725 bits per heavy atom. The minimum absolute atomic E-state index is 0.604. The van der Waals surface area contributed by atoms with E-state index in [9.17, 15) is 0 Å². The Kier molecular flexibility index (Phi) is 5.82. The Labute approximate surface area is 232 Å². The molecule has 2 aromatic heterocycles. The van der Waals surface area contributed by atoms with Crippen molar-refractivity contribution >= 4 is 21.5 Å². The Morgan fingerprint density at radius 1 is 0.325 bits per heavy atom. The van der Waals surface area contributed by atoms with E-state index in [-0.39, 0.29) is 0 Å². The van der Waals surface area contributed by atoms with Crippen molar-refractivity contribution in [3.63, 3.8) is 0 Å². The minimum Gasteiger partial charge on any atom is -0.233 e. The van der Waals surface area contributed by atoms with Crippen LogP contribution in [0.4, 0.5) is 0 Å². The first-order chi connectivity index (χ1) is 19.6. The van der Waals surface area contributed by atoms with Crippen molar-refractivity contribution in [3.8, 4) is 45.6 Å². The highest BCUT2D eigenvalue weighted by molar-refractivity contribution is 5.88. The molecule has 0 unspecified atom stereocenters. The summed E-state index contributed by atoms with van der Waals surface area (Å²) in [5, 5.41) is 4.64. The molecule has 190 valence electrons. The third-order valence-electron chi connectivity index (χ3n) is 7.01. The second-order valence-electron chi connectivity index (χ2n) is 9.99. The number of hydrogen-bond acceptors (Lipinski definition) is 5. The molecular weight excluding hydrogens is 490 g/mol. The number of aromatic nitrogens is 5. The van der Waals surface area contributed by atoms with Crippen molar-refractivity contribution in [2.45, 2.75) is 13.8 Å². The Bertz CT molecular complexity index is 1930. The average Bonchev–Trinajstić information content (AvgIpc) is 3.00. The van der Waals surface area contributed by atoms with Crippen LogP contribution in [0.5, 0.6) is 0 Å². The topological polar surface area (TPSA) is 64.5 Å². The van der Waals surface area contributed by atoms with Crippen molar-refractivity contribution < 1.29 is 0 Å². The quantitative estimate of drug-likeness (QED) is 0.236. The van der Waals surface area contributed by atoms with Gasteiger partial charge in [-0.15, -0.1) is 0 Å². The molecule has 5 nitrogen and oxygen atoms in total. The normalized spacial score (nSPS) is 11.2. The SMILES string of the molecule is Cc1cc(C)nc(-c2cccc(-c3nc(-c4ccc5ccccc5c4)nc(-c4ccc5ccccc5c4)n3)c2)n1. The molecule has 0 aliphatic rings. The lowest BCUT2D eigenvalue weighted by atomic mass is 10.1. The molecule has 0 radical (unpaired) electrons. The van der Waals surface area contributed by atoms with Gasteiger partial charge < -0.3 is 0 Å². The predicted molar refractivity (Wildman–Crippen MR) is 162 cm³/mol. The van der Waals surface area contributed by atoms with Gasteiger partial charge in [-0.1, -0.05) is 91.0 Å². The minimum atomic E-state index is 0.604. The van der Waals surface area contributed by atoms with Crippen LogP contribution in [0.25, 0.3) is 67.1 Å². The molecule has 7 aromatic rings. The molecule has 5 heteroatoms. The third-order valence-corrected chi connectivity index (χ3v) is 7.01. The van der Waals surface area contributed by atoms with Crippen LogP contribution in [0, 0.1) is 13.8 Å². The van der Waals surface area contributed by atoms with Crippen molar-refractivity contribution in [3.05, 3.63) is 127 Å². The summed E-state index contributed by atoms with van der Waals surface area (Å²) >= 11 is 0. The number of aryl methyl sites for hydroxylation is 2. The van der Waals surface area contributed by atoms with Crippen LogP contribution < -0.4 is 0 Å². The summed E-state index contributed by atoms with van der Waals surface area (Å²) in [5.74, 6) is 2.56. The van der Waals surface area contributed by atoms with E-state index < -0.39 is 0 Å². The van der Waals surface area contributed by atoms with Gasteiger partial charge in [-0.3, -0.25) is 0 Å². The first kappa shape index (κ1) is 23.8. The molecule has 0 amide bonds. The van der Waals surface area contributed by atoms with Crippen molar-refractivity contribution in [2.24, 2.45) is 0 Å². The molecule has 0 bridgehead atoms. The van der Waals surface area contributed by atoms with E-state index in [1.54, 1.807) is 0 Å². The zero-order valence-corrected chi connectivity index (χ0v) is 22.2. The molecular formula is C35H25N5. The molecule has 0 saturated carbocycles. The van der Waals surface area contributed by atoms with Gasteiger partial charge in [0.1, 0.15) is 0 Å². The molecule has 2 heterocycles. The van der Waals surface area contributed by atoms with E-state index in [0.29, 0.717) is 23.3 Å². The van der Waals surface area contributed by atoms with Gasteiger partial charge in [0.2, 0.25) is 0 Å². The van der Waals surface area contributed by atoms with Crippen LogP contribution in [-0.4, -0.2) is 24.9 Å². The number of rotatable bonds is 4. The summed E-state index contributed by atoms with van der Waals surface area (Å²) in [6, 6.07) is 39.4. The number of fused-ring (bicyclic) bond motifs is 2. The monoisotopic (exact) mass is 515 g/mol. The predicted octanol–water partition coefficient (Wildman–Crippen LogP) is 8.25. The second kappa shape index (κ2) is 9.79. The first-order valence-electron chi connectivity index (χ1n) is 13.3. The largest absolute Gasteiger partial charge is 0.233 e. The molecule has 0 fully saturated rings. The highest BCUT2D eigenvalue weighted by atomic mass is 15.0. The Balaban J connectivity index is 1.41. The van der Waals surface area contributed by atoms with Gasteiger partial charge in [0, 0.05) is 33.6 Å². The van der Waals surface area contributed by atoms with Gasteiger partial charge >= 0.3 is 0 Å². The van der Waals surface area contributed by atoms with Gasteiger partial charge in [0.05, 0.1) is 0 Å². The van der Waals surface area contributed by atoms with Crippen LogP contribution in [0.1, 0.15) is 11.4 Å². The summed E-state index contributed by atoms with van der Waals surface area (Å²) in [6.07, 6.45) is 0. The highest BCUT2D eigenvalue weighted by Gasteiger charge is 2.14. The van der Waals surface area contributed by atoms with Crippen molar-refractivity contribution in [2.75, 3.05) is 0 Å². The number of hydrogen-bond donors (Lipinski definition) is 0. The fraction of sp³-hybridized carbons (Fsp3) is 0.0571. The van der Waals surface area contributed by atoms with Crippen LogP contribution in [0.3, 0.4) is 0 Å². The molecule has 40 heavy (non-hydrogen) atoms. The molecule has 0 N–H and O–H groups in total. The lowest BCUT2D eigenvalue weighted by molar-refractivity contribution is 1.06. The van der Waals surface area contributed by atoms with Gasteiger partial charge in [0.25, 0.3) is 0 Å². The van der Waals surface area contributed by atoms with E-state index in [4.69, 9.17) is 15.0 Å². The fourth-order valence-electron chi connectivity index (χ4n) is 5.07. The number of nitrogens with zero attached hydrogens (tertiary/aromatic N) is 5. The maximum absolute atomic E-state index is 4.98. The Hall–Kier alpha value is -5.29. The highest BCUT2D eigenvalue weighted by Crippen LogP contribution is 2.30. The van der Waals surface area contributed by atoms with Gasteiger partial charge in [-0.05, 0) is 59.7 Å². The molecule has 0 aliphatic heterocycles. The average molecular weight is 516 g/mol. The third kappa shape index (κ3) is 4.58. The van der Waals surface area contributed by atoms with E-state index in [1.165, 1.54) is 10.8 Å². The zero-order valence-electron chi connectivity index (χ0n) is 22.2. The van der Waals surface area contributed by atoms with Crippen LogP contribution in [0.15, 0.2) is 115 Å². The smallest absolute Gasteiger partial charge is 0.164 e. The van der Waals surface area contributed by atoms with Crippen molar-refractivity contribution in [1.82, 2.24) is 24.9 Å².